The second-order valence-corrected chi connectivity index (χ2v) is 3.38. The van der Waals surface area contributed by atoms with Crippen molar-refractivity contribution in [3.8, 4) is 11.4 Å². The van der Waals surface area contributed by atoms with Crippen molar-refractivity contribution in [1.82, 2.24) is 15.0 Å². The second-order valence-electron chi connectivity index (χ2n) is 3.38. The lowest BCUT2D eigenvalue weighted by Gasteiger charge is -2.02. The molecule has 1 heterocycles. The number of halogens is 1. The molecule has 0 fully saturated rings. The Morgan fingerprint density at radius 3 is 2.69 bits per heavy atom. The number of nitrogen functional groups attached to an aromatic ring is 1. The smallest absolute Gasteiger partial charge is 0.349 e. The van der Waals surface area contributed by atoms with Gasteiger partial charge < -0.3 is 5.73 Å². The van der Waals surface area contributed by atoms with Gasteiger partial charge in [0.15, 0.2) is 0 Å². The molecule has 2 aromatic rings. The van der Waals surface area contributed by atoms with E-state index in [1.165, 1.54) is 12.1 Å². The number of nitrogens with two attached hydrogens (primary N) is 1. The highest BCUT2D eigenvalue weighted by atomic mass is 19.1. The molecule has 0 atom stereocenters. The molecule has 0 aliphatic heterocycles. The molecule has 82 valence electrons. The van der Waals surface area contributed by atoms with E-state index in [1.807, 2.05) is 0 Å². The summed E-state index contributed by atoms with van der Waals surface area (Å²) in [5.41, 5.74) is 5.92. The summed E-state index contributed by atoms with van der Waals surface area (Å²) in [6.07, 6.45) is 0. The highest BCUT2D eigenvalue weighted by Gasteiger charge is 2.05. The molecule has 3 N–H and O–H groups in total. The van der Waals surface area contributed by atoms with E-state index in [0.29, 0.717) is 5.56 Å². The lowest BCUT2D eigenvalue weighted by atomic mass is 10.1. The minimum atomic E-state index is -0.607. The first-order valence-electron chi connectivity index (χ1n) is 4.56. The molecule has 0 aliphatic carbocycles. The number of nitrogens with zero attached hydrogens (tertiary/aromatic N) is 2. The fourth-order valence-corrected chi connectivity index (χ4v) is 1.41. The van der Waals surface area contributed by atoms with Crippen LogP contribution in [-0.4, -0.2) is 15.0 Å². The average molecular weight is 220 g/mol. The Morgan fingerprint density at radius 1 is 1.31 bits per heavy atom. The Morgan fingerprint density at radius 2 is 2.06 bits per heavy atom. The maximum Gasteiger partial charge on any atom is 0.349 e. The molecular formula is C10H9FN4O. The number of aromatic nitrogens is 3. The fourth-order valence-electron chi connectivity index (χ4n) is 1.41. The van der Waals surface area contributed by atoms with E-state index >= 15 is 0 Å². The molecule has 5 nitrogen and oxygen atoms in total. The standard InChI is InChI=1S/C10H9FN4O/c1-5-2-6(4-7(11)3-5)8-13-9(12)15-10(16)14-8/h2-4H,1H3,(H3,12,13,14,15,16). The van der Waals surface area contributed by atoms with Crippen LogP contribution in [0.15, 0.2) is 23.0 Å². The summed E-state index contributed by atoms with van der Waals surface area (Å²) in [6, 6.07) is 4.34. The molecular weight excluding hydrogens is 211 g/mol. The maximum atomic E-state index is 13.1. The Labute approximate surface area is 90.2 Å². The predicted octanol–water partition coefficient (Wildman–Crippen LogP) is 0.862. The topological polar surface area (TPSA) is 84.7 Å². The molecule has 0 radical (unpaired) electrons. The zero-order valence-corrected chi connectivity index (χ0v) is 8.49. The lowest BCUT2D eigenvalue weighted by Crippen LogP contribution is -2.15. The number of aromatic amines is 1. The highest BCUT2D eigenvalue weighted by Crippen LogP contribution is 2.17. The Kier molecular flexibility index (Phi) is 2.40. The molecule has 2 rings (SSSR count). The summed E-state index contributed by atoms with van der Waals surface area (Å²) < 4.78 is 13.1. The van der Waals surface area contributed by atoms with Gasteiger partial charge in [-0.15, -0.1) is 0 Å². The monoisotopic (exact) mass is 220 g/mol. The molecule has 16 heavy (non-hydrogen) atoms. The lowest BCUT2D eigenvalue weighted by molar-refractivity contribution is 0.627. The van der Waals surface area contributed by atoms with Crippen LogP contribution in [0.1, 0.15) is 5.56 Å². The van der Waals surface area contributed by atoms with Crippen molar-refractivity contribution in [3.05, 3.63) is 40.1 Å². The van der Waals surface area contributed by atoms with Crippen molar-refractivity contribution in [2.24, 2.45) is 0 Å². The third-order valence-electron chi connectivity index (χ3n) is 1.98. The minimum absolute atomic E-state index is 0.138. The van der Waals surface area contributed by atoms with Gasteiger partial charge in [-0.3, -0.25) is 4.98 Å². The van der Waals surface area contributed by atoms with Crippen molar-refractivity contribution in [2.75, 3.05) is 5.73 Å². The summed E-state index contributed by atoms with van der Waals surface area (Å²) in [6.45, 7) is 1.75. The van der Waals surface area contributed by atoms with Crippen LogP contribution in [0, 0.1) is 12.7 Å². The van der Waals surface area contributed by atoms with Crippen molar-refractivity contribution >= 4 is 5.95 Å². The van der Waals surface area contributed by atoms with Gasteiger partial charge in [0.1, 0.15) is 11.6 Å². The van der Waals surface area contributed by atoms with E-state index in [2.05, 4.69) is 15.0 Å². The van der Waals surface area contributed by atoms with Gasteiger partial charge in [-0.1, -0.05) is 0 Å². The predicted molar refractivity (Wildman–Crippen MR) is 57.2 cm³/mol. The number of hydrogen-bond acceptors (Lipinski definition) is 4. The quantitative estimate of drug-likeness (QED) is 0.746. The van der Waals surface area contributed by atoms with Crippen LogP contribution in [-0.2, 0) is 0 Å². The fraction of sp³-hybridized carbons (Fsp3) is 0.100. The van der Waals surface area contributed by atoms with Gasteiger partial charge >= 0.3 is 5.69 Å². The van der Waals surface area contributed by atoms with Crippen LogP contribution in [0.3, 0.4) is 0 Å². The molecule has 0 unspecified atom stereocenters. The molecule has 6 heteroatoms. The van der Waals surface area contributed by atoms with E-state index in [9.17, 15) is 9.18 Å². The number of aryl methyl sites for hydroxylation is 1. The van der Waals surface area contributed by atoms with Gasteiger partial charge in [0.2, 0.25) is 5.95 Å². The van der Waals surface area contributed by atoms with Gasteiger partial charge in [-0.2, -0.15) is 9.97 Å². The third kappa shape index (κ3) is 2.05. The molecule has 0 bridgehead atoms. The van der Waals surface area contributed by atoms with Gasteiger partial charge in [0, 0.05) is 5.56 Å². The van der Waals surface area contributed by atoms with Crippen molar-refractivity contribution in [1.29, 1.82) is 0 Å². The van der Waals surface area contributed by atoms with Crippen molar-refractivity contribution < 1.29 is 4.39 Å². The average Bonchev–Trinajstić information content (AvgIpc) is 2.14. The largest absolute Gasteiger partial charge is 0.368 e. The summed E-state index contributed by atoms with van der Waals surface area (Å²) in [4.78, 5) is 20.7. The Hall–Kier alpha value is -2.24. The Bertz CT molecular complexity index is 573. The van der Waals surface area contributed by atoms with Gasteiger partial charge in [0.05, 0.1) is 0 Å². The number of benzene rings is 1. The number of anilines is 1. The molecule has 1 aromatic heterocycles. The van der Waals surface area contributed by atoms with E-state index < -0.39 is 11.5 Å². The summed E-state index contributed by atoms with van der Waals surface area (Å²) in [5, 5.41) is 0. The molecule has 0 spiro atoms. The number of nitrogens with one attached hydrogen (secondary N) is 1. The first kappa shape index (κ1) is 10.3. The molecule has 0 saturated carbocycles. The first-order chi connectivity index (χ1) is 7.54. The van der Waals surface area contributed by atoms with E-state index in [0.717, 1.165) is 5.56 Å². The highest BCUT2D eigenvalue weighted by molar-refractivity contribution is 5.56. The SMILES string of the molecule is Cc1cc(F)cc(-c2nc(N)nc(=O)[nH]2)c1. The van der Waals surface area contributed by atoms with Gasteiger partial charge in [-0.05, 0) is 30.7 Å². The maximum absolute atomic E-state index is 13.1. The number of rotatable bonds is 1. The molecule has 0 saturated heterocycles. The van der Waals surface area contributed by atoms with Crippen molar-refractivity contribution in [3.63, 3.8) is 0 Å². The van der Waals surface area contributed by atoms with Crippen molar-refractivity contribution in [2.45, 2.75) is 6.92 Å². The molecule has 1 aromatic carbocycles. The van der Waals surface area contributed by atoms with E-state index in [4.69, 9.17) is 5.73 Å². The molecule has 0 amide bonds. The van der Waals surface area contributed by atoms with Crippen LogP contribution >= 0.6 is 0 Å². The van der Waals surface area contributed by atoms with Crippen LogP contribution in [0.25, 0.3) is 11.4 Å². The third-order valence-corrected chi connectivity index (χ3v) is 1.98. The first-order valence-corrected chi connectivity index (χ1v) is 4.56. The van der Waals surface area contributed by atoms with Crippen LogP contribution in [0.2, 0.25) is 0 Å². The minimum Gasteiger partial charge on any atom is -0.368 e. The van der Waals surface area contributed by atoms with Crippen LogP contribution in [0.5, 0.6) is 0 Å². The number of H-pyrrole nitrogens is 1. The zero-order valence-electron chi connectivity index (χ0n) is 8.49. The van der Waals surface area contributed by atoms with E-state index in [1.54, 1.807) is 13.0 Å². The summed E-state index contributed by atoms with van der Waals surface area (Å²) in [7, 11) is 0. The van der Waals surface area contributed by atoms with Crippen LogP contribution in [0.4, 0.5) is 10.3 Å². The van der Waals surface area contributed by atoms with E-state index in [-0.39, 0.29) is 11.8 Å². The van der Waals surface area contributed by atoms with Gasteiger partial charge in [0.25, 0.3) is 0 Å². The molecule has 0 aliphatic rings. The summed E-state index contributed by atoms with van der Waals surface area (Å²) in [5.74, 6) is -0.325. The van der Waals surface area contributed by atoms with Gasteiger partial charge in [-0.25, -0.2) is 9.18 Å². The normalized spacial score (nSPS) is 10.4. The zero-order chi connectivity index (χ0) is 11.7. The number of hydrogen-bond donors (Lipinski definition) is 2. The van der Waals surface area contributed by atoms with Crippen LogP contribution < -0.4 is 11.4 Å². The Balaban J connectivity index is 2.62. The second kappa shape index (κ2) is 3.73. The summed E-state index contributed by atoms with van der Waals surface area (Å²) >= 11 is 0.